The molecule has 24 heavy (non-hydrogen) atoms. The van der Waals surface area contributed by atoms with Crippen molar-refractivity contribution >= 4 is 33.6 Å². The van der Waals surface area contributed by atoms with E-state index in [1.807, 2.05) is 13.0 Å². The van der Waals surface area contributed by atoms with Crippen molar-refractivity contribution in [3.8, 4) is 0 Å². The average molecular weight is 347 g/mol. The topological polar surface area (TPSA) is 81.2 Å². The molecule has 0 saturated heterocycles. The number of amides is 1. The fraction of sp³-hybridized carbons (Fsp3) is 0.529. The first kappa shape index (κ1) is 16.8. The molecule has 1 fully saturated rings. The van der Waals surface area contributed by atoms with Crippen molar-refractivity contribution in [1.29, 1.82) is 0 Å². The average Bonchev–Trinajstić information content (AvgIpc) is 3.20. The Morgan fingerprint density at radius 2 is 2.12 bits per heavy atom. The highest BCUT2D eigenvalue weighted by atomic mass is 32.1. The maximum Gasteiger partial charge on any atom is 0.306 e. The van der Waals surface area contributed by atoms with Crippen LogP contribution in [0.2, 0.25) is 0 Å². The molecule has 1 saturated carbocycles. The van der Waals surface area contributed by atoms with Crippen LogP contribution in [0.25, 0.3) is 10.2 Å². The molecule has 0 spiro atoms. The lowest BCUT2D eigenvalue weighted by molar-refractivity contribution is -0.143. The van der Waals surface area contributed by atoms with Crippen molar-refractivity contribution in [2.24, 2.45) is 5.41 Å². The van der Waals surface area contributed by atoms with Crippen LogP contribution < -0.4 is 5.32 Å². The summed E-state index contributed by atoms with van der Waals surface area (Å²) in [7, 11) is 1.40. The summed E-state index contributed by atoms with van der Waals surface area (Å²) in [5.74, 6) is -0.375. The van der Waals surface area contributed by atoms with E-state index in [2.05, 4.69) is 14.7 Å². The molecule has 0 aliphatic heterocycles. The Labute approximate surface area is 144 Å². The van der Waals surface area contributed by atoms with Crippen LogP contribution in [0.15, 0.2) is 12.3 Å². The predicted octanol–water partition coefficient (Wildman–Crippen LogP) is 2.85. The summed E-state index contributed by atoms with van der Waals surface area (Å²) in [5, 5.41) is 3.90. The summed E-state index contributed by atoms with van der Waals surface area (Å²) in [4.78, 5) is 29.3. The molecule has 0 bridgehead atoms. The van der Waals surface area contributed by atoms with Crippen LogP contribution in [0, 0.1) is 12.3 Å². The maximum atomic E-state index is 12.5. The molecule has 7 heteroatoms. The number of ether oxygens (including phenoxy) is 1. The number of aromatic nitrogens is 2. The van der Waals surface area contributed by atoms with Crippen LogP contribution >= 0.6 is 11.5 Å². The van der Waals surface area contributed by atoms with Crippen LogP contribution in [-0.2, 0) is 9.53 Å². The second kappa shape index (κ2) is 6.84. The standard InChI is InChI=1S/C17H21N3O3S/c1-11-13-7-12(9-18-16(13)24-20-11)15(22)19-10-17(5-3-4-6-17)8-14(21)23-2/h7,9H,3-6,8,10H2,1-2H3,(H,19,22). The lowest BCUT2D eigenvalue weighted by Gasteiger charge is -2.28. The third kappa shape index (κ3) is 3.40. The van der Waals surface area contributed by atoms with Crippen LogP contribution in [-0.4, -0.2) is 34.9 Å². The zero-order valence-electron chi connectivity index (χ0n) is 13.9. The summed E-state index contributed by atoms with van der Waals surface area (Å²) in [6.07, 6.45) is 5.98. The lowest BCUT2D eigenvalue weighted by Crippen LogP contribution is -2.37. The molecule has 2 heterocycles. The molecular weight excluding hydrogens is 326 g/mol. The second-order valence-electron chi connectivity index (χ2n) is 6.49. The minimum absolute atomic E-state index is 0.161. The van der Waals surface area contributed by atoms with Gasteiger partial charge in [-0.3, -0.25) is 9.59 Å². The van der Waals surface area contributed by atoms with Crippen molar-refractivity contribution in [1.82, 2.24) is 14.7 Å². The monoisotopic (exact) mass is 347 g/mol. The van der Waals surface area contributed by atoms with Gasteiger partial charge in [-0.25, -0.2) is 4.98 Å². The van der Waals surface area contributed by atoms with Gasteiger partial charge in [0.1, 0.15) is 4.83 Å². The van der Waals surface area contributed by atoms with E-state index in [4.69, 9.17) is 4.74 Å². The maximum absolute atomic E-state index is 12.5. The molecule has 0 radical (unpaired) electrons. The van der Waals surface area contributed by atoms with E-state index >= 15 is 0 Å². The quantitative estimate of drug-likeness (QED) is 0.841. The second-order valence-corrected chi connectivity index (χ2v) is 7.24. The van der Waals surface area contributed by atoms with Gasteiger partial charge < -0.3 is 10.1 Å². The number of aryl methyl sites for hydroxylation is 1. The number of nitrogens with zero attached hydrogens (tertiary/aromatic N) is 2. The van der Waals surface area contributed by atoms with E-state index in [1.54, 1.807) is 6.20 Å². The Balaban J connectivity index is 1.70. The molecule has 3 rings (SSSR count). The fourth-order valence-electron chi connectivity index (χ4n) is 3.36. The largest absolute Gasteiger partial charge is 0.469 e. The number of carbonyl (C=O) groups excluding carboxylic acids is 2. The highest BCUT2D eigenvalue weighted by Crippen LogP contribution is 2.40. The summed E-state index contributed by atoms with van der Waals surface area (Å²) < 4.78 is 9.07. The van der Waals surface area contributed by atoms with Crippen LogP contribution in [0.1, 0.15) is 48.2 Å². The van der Waals surface area contributed by atoms with Gasteiger partial charge >= 0.3 is 5.97 Å². The highest BCUT2D eigenvalue weighted by Gasteiger charge is 2.36. The molecule has 2 aromatic heterocycles. The smallest absolute Gasteiger partial charge is 0.306 e. The van der Waals surface area contributed by atoms with Gasteiger partial charge in [0, 0.05) is 18.1 Å². The summed E-state index contributed by atoms with van der Waals surface area (Å²) in [6, 6.07) is 1.83. The zero-order chi connectivity index (χ0) is 17.2. The molecule has 1 aliphatic carbocycles. The first-order valence-electron chi connectivity index (χ1n) is 8.10. The SMILES string of the molecule is COC(=O)CC1(CNC(=O)c2cnc3snc(C)c3c2)CCCC1. The first-order chi connectivity index (χ1) is 11.5. The number of pyridine rings is 1. The van der Waals surface area contributed by atoms with Gasteiger partial charge in [-0.2, -0.15) is 4.37 Å². The first-order valence-corrected chi connectivity index (χ1v) is 8.87. The van der Waals surface area contributed by atoms with Crippen molar-refractivity contribution in [3.63, 3.8) is 0 Å². The van der Waals surface area contributed by atoms with Gasteiger partial charge in [-0.15, -0.1) is 0 Å². The molecule has 1 amide bonds. The molecule has 0 unspecified atom stereocenters. The molecule has 0 atom stereocenters. The molecule has 1 aliphatic rings. The van der Waals surface area contributed by atoms with Gasteiger partial charge in [0.15, 0.2) is 0 Å². The number of hydrogen-bond donors (Lipinski definition) is 1. The Hall–Kier alpha value is -2.02. The van der Waals surface area contributed by atoms with E-state index in [9.17, 15) is 9.59 Å². The van der Waals surface area contributed by atoms with Crippen LogP contribution in [0.5, 0.6) is 0 Å². The van der Waals surface area contributed by atoms with Gasteiger partial charge in [0.05, 0.1) is 24.8 Å². The van der Waals surface area contributed by atoms with Gasteiger partial charge in [0.2, 0.25) is 0 Å². The minimum atomic E-state index is -0.214. The number of hydrogen-bond acceptors (Lipinski definition) is 6. The van der Waals surface area contributed by atoms with Crippen molar-refractivity contribution in [2.75, 3.05) is 13.7 Å². The summed E-state index contributed by atoms with van der Waals surface area (Å²) >= 11 is 1.33. The molecular formula is C17H21N3O3S. The van der Waals surface area contributed by atoms with E-state index in [0.717, 1.165) is 41.6 Å². The van der Waals surface area contributed by atoms with Gasteiger partial charge in [-0.1, -0.05) is 12.8 Å². The fourth-order valence-corrected chi connectivity index (χ4v) is 4.09. The third-order valence-electron chi connectivity index (χ3n) is 4.81. The number of esters is 1. The van der Waals surface area contributed by atoms with Crippen LogP contribution in [0.3, 0.4) is 0 Å². The number of rotatable bonds is 5. The molecule has 0 aromatic carbocycles. The van der Waals surface area contributed by atoms with E-state index in [1.165, 1.54) is 18.6 Å². The zero-order valence-corrected chi connectivity index (χ0v) is 14.7. The summed E-state index contributed by atoms with van der Waals surface area (Å²) in [5.41, 5.74) is 1.23. The van der Waals surface area contributed by atoms with E-state index in [-0.39, 0.29) is 17.3 Å². The van der Waals surface area contributed by atoms with Crippen molar-refractivity contribution in [2.45, 2.75) is 39.0 Å². The Morgan fingerprint density at radius 3 is 2.83 bits per heavy atom. The van der Waals surface area contributed by atoms with E-state index in [0.29, 0.717) is 18.5 Å². The number of nitrogens with one attached hydrogen (secondary N) is 1. The van der Waals surface area contributed by atoms with E-state index < -0.39 is 0 Å². The predicted molar refractivity (Wildman–Crippen MR) is 92.0 cm³/mol. The molecule has 128 valence electrons. The normalized spacial score (nSPS) is 16.2. The Bertz CT molecular complexity index is 766. The van der Waals surface area contributed by atoms with Crippen molar-refractivity contribution < 1.29 is 14.3 Å². The summed E-state index contributed by atoms with van der Waals surface area (Å²) in [6.45, 7) is 2.39. The number of carbonyl (C=O) groups is 2. The third-order valence-corrected chi connectivity index (χ3v) is 5.67. The van der Waals surface area contributed by atoms with Crippen molar-refractivity contribution in [3.05, 3.63) is 23.5 Å². The van der Waals surface area contributed by atoms with Gasteiger partial charge in [-0.05, 0) is 42.8 Å². The minimum Gasteiger partial charge on any atom is -0.469 e. The Morgan fingerprint density at radius 1 is 1.38 bits per heavy atom. The number of methoxy groups -OCH3 is 1. The van der Waals surface area contributed by atoms with Gasteiger partial charge in [0.25, 0.3) is 5.91 Å². The highest BCUT2D eigenvalue weighted by molar-refractivity contribution is 7.12. The Kier molecular flexibility index (Phi) is 4.80. The lowest BCUT2D eigenvalue weighted by atomic mass is 9.82. The molecule has 6 nitrogen and oxygen atoms in total. The molecule has 2 aromatic rings. The molecule has 1 N–H and O–H groups in total. The number of fused-ring (bicyclic) bond motifs is 1. The van der Waals surface area contributed by atoms with Crippen LogP contribution in [0.4, 0.5) is 0 Å².